The van der Waals surface area contributed by atoms with E-state index in [2.05, 4.69) is 0 Å². The summed E-state index contributed by atoms with van der Waals surface area (Å²) in [6.45, 7) is 2.92. The quantitative estimate of drug-likeness (QED) is 0.316. The number of carbonyl (C=O) groups excluding carboxylic acids is 3. The average molecular weight is 421 g/mol. The zero-order valence-corrected chi connectivity index (χ0v) is 16.3. The van der Waals surface area contributed by atoms with Gasteiger partial charge in [0.15, 0.2) is 0 Å². The Balaban J connectivity index is 1.82. The topological polar surface area (TPSA) is 78.9 Å². The van der Waals surface area contributed by atoms with E-state index in [-0.39, 0.29) is 21.9 Å². The van der Waals surface area contributed by atoms with E-state index >= 15 is 0 Å². The van der Waals surface area contributed by atoms with E-state index < -0.39 is 23.7 Å². The fourth-order valence-corrected chi connectivity index (χ4v) is 2.92. The van der Waals surface area contributed by atoms with Crippen molar-refractivity contribution in [1.82, 2.24) is 0 Å². The van der Waals surface area contributed by atoms with Gasteiger partial charge < -0.3 is 14.2 Å². The normalized spacial score (nSPS) is 15.5. The summed E-state index contributed by atoms with van der Waals surface area (Å²) in [5, 5.41) is 0.552. The molecule has 1 aliphatic rings. The molecule has 3 rings (SSSR count). The minimum absolute atomic E-state index is 0.150. The summed E-state index contributed by atoms with van der Waals surface area (Å²) in [4.78, 5) is 36.4. The highest BCUT2D eigenvalue weighted by atomic mass is 35.5. The molecular formula is C20H14Cl2O6. The predicted molar refractivity (Wildman–Crippen MR) is 102 cm³/mol. The van der Waals surface area contributed by atoms with Gasteiger partial charge in [0.2, 0.25) is 0 Å². The Morgan fingerprint density at radius 1 is 1.04 bits per heavy atom. The molecule has 28 heavy (non-hydrogen) atoms. The van der Waals surface area contributed by atoms with Crippen LogP contribution in [-0.4, -0.2) is 23.7 Å². The molecule has 0 aliphatic carbocycles. The Morgan fingerprint density at radius 2 is 1.71 bits per heavy atom. The summed E-state index contributed by atoms with van der Waals surface area (Å²) in [7, 11) is 0. The largest absolute Gasteiger partial charge is 0.423 e. The van der Waals surface area contributed by atoms with E-state index in [0.717, 1.165) is 0 Å². The zero-order chi connectivity index (χ0) is 20.5. The molecule has 0 unspecified atom stereocenters. The molecular weight excluding hydrogens is 407 g/mol. The number of cyclic esters (lactones) is 2. The van der Waals surface area contributed by atoms with Crippen LogP contribution in [0.25, 0.3) is 6.08 Å². The minimum Gasteiger partial charge on any atom is -0.423 e. The fourth-order valence-electron chi connectivity index (χ4n) is 2.43. The van der Waals surface area contributed by atoms with E-state index in [1.54, 1.807) is 18.2 Å². The van der Waals surface area contributed by atoms with Crippen LogP contribution >= 0.6 is 23.2 Å². The third-order valence-electron chi connectivity index (χ3n) is 3.65. The van der Waals surface area contributed by atoms with Crippen molar-refractivity contribution in [2.75, 3.05) is 0 Å². The molecule has 2 aromatic rings. The summed E-state index contributed by atoms with van der Waals surface area (Å²) >= 11 is 11.8. The van der Waals surface area contributed by atoms with Crippen molar-refractivity contribution in [1.29, 1.82) is 0 Å². The van der Waals surface area contributed by atoms with Crippen LogP contribution in [0, 0.1) is 0 Å². The Bertz CT molecular complexity index is 988. The molecule has 0 saturated carbocycles. The number of esters is 3. The minimum atomic E-state index is -1.32. The monoisotopic (exact) mass is 420 g/mol. The van der Waals surface area contributed by atoms with E-state index in [4.69, 9.17) is 37.4 Å². The molecule has 1 saturated heterocycles. The van der Waals surface area contributed by atoms with Gasteiger partial charge in [-0.25, -0.2) is 14.4 Å². The number of hydrogen-bond donors (Lipinski definition) is 0. The lowest BCUT2D eigenvalue weighted by Gasteiger charge is -2.29. The smallest absolute Gasteiger partial charge is 0.348 e. The van der Waals surface area contributed by atoms with Gasteiger partial charge in [0.05, 0.1) is 10.6 Å². The highest BCUT2D eigenvalue weighted by Crippen LogP contribution is 2.26. The second-order valence-corrected chi connectivity index (χ2v) is 7.17. The van der Waals surface area contributed by atoms with Gasteiger partial charge in [-0.05, 0) is 42.0 Å². The van der Waals surface area contributed by atoms with E-state index in [1.165, 1.54) is 44.2 Å². The van der Waals surface area contributed by atoms with Crippen molar-refractivity contribution in [3.8, 4) is 5.75 Å². The molecule has 1 heterocycles. The molecule has 8 heteroatoms. The second kappa shape index (κ2) is 7.66. The van der Waals surface area contributed by atoms with Crippen LogP contribution in [0.3, 0.4) is 0 Å². The Kier molecular flexibility index (Phi) is 5.45. The van der Waals surface area contributed by atoms with Crippen LogP contribution in [0.5, 0.6) is 5.75 Å². The molecule has 0 spiro atoms. The Hall–Kier alpha value is -2.83. The predicted octanol–water partition coefficient (Wildman–Crippen LogP) is 4.43. The lowest BCUT2D eigenvalue weighted by atomic mass is 10.1. The standard InChI is InChI=1S/C20H14Cl2O6/c1-20(2)27-18(24)15(19(25)28-20)9-11-4-3-5-13(8-11)26-17(23)14-7-6-12(21)10-16(14)22/h3-10H,1-2H3. The molecule has 0 N–H and O–H groups in total. The number of hydrogen-bond acceptors (Lipinski definition) is 6. The molecule has 0 aromatic heterocycles. The maximum Gasteiger partial charge on any atom is 0.348 e. The van der Waals surface area contributed by atoms with Crippen LogP contribution < -0.4 is 4.74 Å². The molecule has 2 aromatic carbocycles. The van der Waals surface area contributed by atoms with Crippen LogP contribution in [0.15, 0.2) is 48.0 Å². The zero-order valence-electron chi connectivity index (χ0n) is 14.8. The van der Waals surface area contributed by atoms with Crippen molar-refractivity contribution in [2.24, 2.45) is 0 Å². The molecule has 0 atom stereocenters. The third-order valence-corrected chi connectivity index (χ3v) is 4.20. The highest BCUT2D eigenvalue weighted by Gasteiger charge is 2.38. The summed E-state index contributed by atoms with van der Waals surface area (Å²) in [6.07, 6.45) is 1.30. The molecule has 0 amide bonds. The molecule has 144 valence electrons. The molecule has 1 aliphatic heterocycles. The van der Waals surface area contributed by atoms with Gasteiger partial charge in [-0.15, -0.1) is 0 Å². The first kappa shape index (κ1) is 19.9. The number of rotatable bonds is 3. The summed E-state index contributed by atoms with van der Waals surface area (Å²) in [5.41, 5.74) is 0.330. The molecule has 6 nitrogen and oxygen atoms in total. The van der Waals surface area contributed by atoms with Crippen LogP contribution in [0.4, 0.5) is 0 Å². The van der Waals surface area contributed by atoms with Gasteiger partial charge in [0.1, 0.15) is 11.3 Å². The Labute approximate surface area is 170 Å². The number of carbonyl (C=O) groups is 3. The highest BCUT2D eigenvalue weighted by molar-refractivity contribution is 6.36. The number of halogens is 2. The second-order valence-electron chi connectivity index (χ2n) is 6.32. The summed E-state index contributed by atoms with van der Waals surface area (Å²) < 4.78 is 15.4. The van der Waals surface area contributed by atoms with Crippen LogP contribution in [-0.2, 0) is 19.1 Å². The summed E-state index contributed by atoms with van der Waals surface area (Å²) in [5.74, 6) is -3.39. The third kappa shape index (κ3) is 4.52. The first-order valence-corrected chi connectivity index (χ1v) is 8.86. The van der Waals surface area contributed by atoms with Crippen LogP contribution in [0.1, 0.15) is 29.8 Å². The van der Waals surface area contributed by atoms with Crippen molar-refractivity contribution in [2.45, 2.75) is 19.6 Å². The Morgan fingerprint density at radius 3 is 2.36 bits per heavy atom. The van der Waals surface area contributed by atoms with Gasteiger partial charge in [-0.2, -0.15) is 0 Å². The first-order valence-electron chi connectivity index (χ1n) is 8.10. The average Bonchev–Trinajstić information content (AvgIpc) is 2.57. The molecule has 1 fully saturated rings. The van der Waals surface area contributed by atoms with Crippen molar-refractivity contribution in [3.63, 3.8) is 0 Å². The molecule has 0 radical (unpaired) electrons. The van der Waals surface area contributed by atoms with E-state index in [9.17, 15) is 14.4 Å². The van der Waals surface area contributed by atoms with Gasteiger partial charge >= 0.3 is 17.9 Å². The number of benzene rings is 2. The van der Waals surface area contributed by atoms with Gasteiger partial charge in [-0.1, -0.05) is 35.3 Å². The maximum absolute atomic E-state index is 12.3. The van der Waals surface area contributed by atoms with Gasteiger partial charge in [0, 0.05) is 18.9 Å². The SMILES string of the molecule is CC1(C)OC(=O)C(=Cc2cccc(OC(=O)c3ccc(Cl)cc3Cl)c2)C(=O)O1. The van der Waals surface area contributed by atoms with Crippen molar-refractivity contribution in [3.05, 3.63) is 69.2 Å². The number of ether oxygens (including phenoxy) is 3. The lowest BCUT2D eigenvalue weighted by Crippen LogP contribution is -2.41. The fraction of sp³-hybridized carbons (Fsp3) is 0.150. The van der Waals surface area contributed by atoms with Crippen molar-refractivity contribution >= 4 is 47.2 Å². The van der Waals surface area contributed by atoms with Crippen LogP contribution in [0.2, 0.25) is 10.0 Å². The van der Waals surface area contributed by atoms with Gasteiger partial charge in [0.25, 0.3) is 5.79 Å². The lowest BCUT2D eigenvalue weighted by molar-refractivity contribution is -0.222. The maximum atomic E-state index is 12.3. The molecule has 0 bridgehead atoms. The first-order chi connectivity index (χ1) is 13.1. The van der Waals surface area contributed by atoms with E-state index in [0.29, 0.717) is 10.6 Å². The van der Waals surface area contributed by atoms with Crippen molar-refractivity contribution < 1.29 is 28.6 Å². The van der Waals surface area contributed by atoms with Gasteiger partial charge in [-0.3, -0.25) is 0 Å². The summed E-state index contributed by atoms with van der Waals surface area (Å²) in [6, 6.07) is 10.7. The van der Waals surface area contributed by atoms with E-state index in [1.807, 2.05) is 0 Å².